The first kappa shape index (κ1) is 14.7. The smallest absolute Gasteiger partial charge is 0.140 e. The zero-order chi connectivity index (χ0) is 14.7. The molecule has 0 fully saturated rings. The van der Waals surface area contributed by atoms with Crippen LogP contribution in [-0.4, -0.2) is 17.1 Å². The highest BCUT2D eigenvalue weighted by molar-refractivity contribution is 9.10. The molecule has 0 unspecified atom stereocenters. The molecule has 1 aromatic carbocycles. The number of halogens is 1. The molecule has 0 amide bonds. The van der Waals surface area contributed by atoms with Crippen LogP contribution in [0.2, 0.25) is 0 Å². The molecular formula is C14H14BrN3OS. The number of hydrogen-bond donors (Lipinski definition) is 2. The minimum Gasteiger partial charge on any atom is -0.495 e. The lowest BCUT2D eigenvalue weighted by Crippen LogP contribution is -2.13. The van der Waals surface area contributed by atoms with E-state index in [0.29, 0.717) is 16.4 Å². The fourth-order valence-electron chi connectivity index (χ4n) is 1.73. The Bertz CT molecular complexity index is 661. The van der Waals surface area contributed by atoms with Crippen LogP contribution in [0.4, 0.5) is 11.5 Å². The summed E-state index contributed by atoms with van der Waals surface area (Å²) in [7, 11) is 1.62. The molecule has 0 radical (unpaired) electrons. The lowest BCUT2D eigenvalue weighted by molar-refractivity contribution is 0.412. The van der Waals surface area contributed by atoms with Crippen LogP contribution in [0.25, 0.3) is 0 Å². The van der Waals surface area contributed by atoms with Gasteiger partial charge in [-0.3, -0.25) is 0 Å². The predicted octanol–water partition coefficient (Wildman–Crippen LogP) is 3.54. The van der Waals surface area contributed by atoms with E-state index in [2.05, 4.69) is 26.2 Å². The van der Waals surface area contributed by atoms with E-state index in [4.69, 9.17) is 22.7 Å². The largest absolute Gasteiger partial charge is 0.495 e. The molecule has 104 valence electrons. The molecule has 20 heavy (non-hydrogen) atoms. The fraction of sp³-hybridized carbons (Fsp3) is 0.143. The molecule has 0 saturated heterocycles. The minimum absolute atomic E-state index is 0.309. The first-order valence-electron chi connectivity index (χ1n) is 5.89. The second kappa shape index (κ2) is 6.19. The number of rotatable bonds is 4. The molecule has 0 atom stereocenters. The van der Waals surface area contributed by atoms with Gasteiger partial charge >= 0.3 is 0 Å². The predicted molar refractivity (Wildman–Crippen MR) is 88.8 cm³/mol. The number of nitrogens with zero attached hydrogens (tertiary/aromatic N) is 1. The Morgan fingerprint density at radius 1 is 1.35 bits per heavy atom. The SMILES string of the molecule is COc1cc(Nc2nc(C)ccc2C(N)=S)ccc1Br. The van der Waals surface area contributed by atoms with Gasteiger partial charge < -0.3 is 15.8 Å². The Labute approximate surface area is 131 Å². The molecule has 1 aromatic heterocycles. The van der Waals surface area contributed by atoms with Crippen molar-refractivity contribution in [1.82, 2.24) is 4.98 Å². The van der Waals surface area contributed by atoms with Crippen LogP contribution in [-0.2, 0) is 0 Å². The summed E-state index contributed by atoms with van der Waals surface area (Å²) in [5.41, 5.74) is 8.17. The maximum Gasteiger partial charge on any atom is 0.140 e. The second-order valence-electron chi connectivity index (χ2n) is 4.19. The Morgan fingerprint density at radius 3 is 2.75 bits per heavy atom. The number of benzene rings is 1. The highest BCUT2D eigenvalue weighted by Crippen LogP contribution is 2.29. The van der Waals surface area contributed by atoms with E-state index in [1.54, 1.807) is 7.11 Å². The maximum atomic E-state index is 5.72. The van der Waals surface area contributed by atoms with E-state index in [1.807, 2.05) is 37.3 Å². The van der Waals surface area contributed by atoms with Gasteiger partial charge in [-0.1, -0.05) is 12.2 Å². The van der Waals surface area contributed by atoms with Gasteiger partial charge in [0, 0.05) is 17.4 Å². The van der Waals surface area contributed by atoms with Crippen LogP contribution >= 0.6 is 28.1 Å². The molecule has 6 heteroatoms. The Kier molecular flexibility index (Phi) is 4.57. The van der Waals surface area contributed by atoms with Crippen molar-refractivity contribution in [1.29, 1.82) is 0 Å². The van der Waals surface area contributed by atoms with Gasteiger partial charge in [-0.05, 0) is 47.1 Å². The minimum atomic E-state index is 0.309. The number of anilines is 2. The van der Waals surface area contributed by atoms with Crippen LogP contribution < -0.4 is 15.8 Å². The zero-order valence-corrected chi connectivity index (χ0v) is 13.5. The molecule has 4 nitrogen and oxygen atoms in total. The number of methoxy groups -OCH3 is 1. The molecule has 0 spiro atoms. The first-order chi connectivity index (χ1) is 9.51. The molecule has 0 bridgehead atoms. The summed E-state index contributed by atoms with van der Waals surface area (Å²) in [5.74, 6) is 1.38. The fourth-order valence-corrected chi connectivity index (χ4v) is 2.30. The number of nitrogens with one attached hydrogen (secondary N) is 1. The van der Waals surface area contributed by atoms with Gasteiger partial charge in [0.2, 0.25) is 0 Å². The lowest BCUT2D eigenvalue weighted by atomic mass is 10.2. The summed E-state index contributed by atoms with van der Waals surface area (Å²) in [5, 5.41) is 3.22. The number of pyridine rings is 1. The number of thiocarbonyl (C=S) groups is 1. The number of aryl methyl sites for hydroxylation is 1. The summed E-state index contributed by atoms with van der Waals surface area (Å²) in [6.07, 6.45) is 0. The Balaban J connectivity index is 2.39. The monoisotopic (exact) mass is 351 g/mol. The molecule has 0 aliphatic heterocycles. The van der Waals surface area contributed by atoms with Crippen LogP contribution in [0.3, 0.4) is 0 Å². The van der Waals surface area contributed by atoms with Crippen molar-refractivity contribution >= 4 is 44.6 Å². The van der Waals surface area contributed by atoms with Gasteiger partial charge in [-0.15, -0.1) is 0 Å². The number of aromatic nitrogens is 1. The Morgan fingerprint density at radius 2 is 2.10 bits per heavy atom. The van der Waals surface area contributed by atoms with Crippen molar-refractivity contribution in [3.05, 3.63) is 46.1 Å². The van der Waals surface area contributed by atoms with Crippen molar-refractivity contribution in [2.45, 2.75) is 6.92 Å². The summed E-state index contributed by atoms with van der Waals surface area (Å²) >= 11 is 8.46. The van der Waals surface area contributed by atoms with Gasteiger partial charge in [-0.2, -0.15) is 0 Å². The molecular weight excluding hydrogens is 338 g/mol. The zero-order valence-electron chi connectivity index (χ0n) is 11.1. The van der Waals surface area contributed by atoms with E-state index >= 15 is 0 Å². The van der Waals surface area contributed by atoms with E-state index < -0.39 is 0 Å². The third-order valence-electron chi connectivity index (χ3n) is 2.71. The summed E-state index contributed by atoms with van der Waals surface area (Å²) in [6.45, 7) is 1.91. The second-order valence-corrected chi connectivity index (χ2v) is 5.48. The molecule has 3 N–H and O–H groups in total. The van der Waals surface area contributed by atoms with Gasteiger partial charge in [0.25, 0.3) is 0 Å². The summed E-state index contributed by atoms with van der Waals surface area (Å²) in [6, 6.07) is 9.43. The molecule has 0 aliphatic rings. The van der Waals surface area contributed by atoms with Crippen molar-refractivity contribution in [2.24, 2.45) is 5.73 Å². The van der Waals surface area contributed by atoms with Crippen LogP contribution in [0.5, 0.6) is 5.75 Å². The molecule has 1 heterocycles. The van der Waals surface area contributed by atoms with E-state index in [1.165, 1.54) is 0 Å². The third kappa shape index (κ3) is 3.26. The standard InChI is InChI=1S/C14H14BrN3OS/c1-8-3-5-10(13(16)20)14(17-8)18-9-4-6-11(15)12(7-9)19-2/h3-7H,1-2H3,(H2,16,20)(H,17,18). The van der Waals surface area contributed by atoms with Crippen LogP contribution in [0, 0.1) is 6.92 Å². The summed E-state index contributed by atoms with van der Waals surface area (Å²) < 4.78 is 6.15. The van der Waals surface area contributed by atoms with E-state index in [9.17, 15) is 0 Å². The highest BCUT2D eigenvalue weighted by atomic mass is 79.9. The van der Waals surface area contributed by atoms with Crippen molar-refractivity contribution in [2.75, 3.05) is 12.4 Å². The lowest BCUT2D eigenvalue weighted by Gasteiger charge is -2.12. The van der Waals surface area contributed by atoms with Gasteiger partial charge in [0.15, 0.2) is 0 Å². The van der Waals surface area contributed by atoms with E-state index in [0.717, 1.165) is 21.6 Å². The molecule has 2 aromatic rings. The average Bonchev–Trinajstić information content (AvgIpc) is 2.40. The number of ether oxygens (including phenoxy) is 1. The number of nitrogens with two attached hydrogens (primary N) is 1. The third-order valence-corrected chi connectivity index (χ3v) is 3.59. The van der Waals surface area contributed by atoms with Crippen LogP contribution in [0.15, 0.2) is 34.8 Å². The quantitative estimate of drug-likeness (QED) is 0.825. The maximum absolute atomic E-state index is 5.72. The molecule has 0 aliphatic carbocycles. The normalized spacial score (nSPS) is 10.2. The van der Waals surface area contributed by atoms with Crippen molar-refractivity contribution in [3.8, 4) is 5.75 Å². The Hall–Kier alpha value is -1.66. The van der Waals surface area contributed by atoms with Crippen molar-refractivity contribution in [3.63, 3.8) is 0 Å². The topological polar surface area (TPSA) is 60.2 Å². The molecule has 0 saturated carbocycles. The molecule has 2 rings (SSSR count). The van der Waals surface area contributed by atoms with E-state index in [-0.39, 0.29) is 0 Å². The van der Waals surface area contributed by atoms with Gasteiger partial charge in [0.1, 0.15) is 16.6 Å². The first-order valence-corrected chi connectivity index (χ1v) is 7.09. The highest BCUT2D eigenvalue weighted by Gasteiger charge is 2.09. The van der Waals surface area contributed by atoms with Gasteiger partial charge in [-0.25, -0.2) is 4.98 Å². The average molecular weight is 352 g/mol. The van der Waals surface area contributed by atoms with Crippen molar-refractivity contribution < 1.29 is 4.74 Å². The van der Waals surface area contributed by atoms with Crippen LogP contribution in [0.1, 0.15) is 11.3 Å². The number of hydrogen-bond acceptors (Lipinski definition) is 4. The summed E-state index contributed by atoms with van der Waals surface area (Å²) in [4.78, 5) is 4.75. The van der Waals surface area contributed by atoms with Gasteiger partial charge in [0.05, 0.1) is 17.1 Å².